The molecule has 0 aromatic heterocycles. The fraction of sp³-hybridized carbons (Fsp3) is 0.429. The summed E-state index contributed by atoms with van der Waals surface area (Å²) in [6.07, 6.45) is 1.52. The van der Waals surface area contributed by atoms with Gasteiger partial charge in [-0.2, -0.15) is 0 Å². The summed E-state index contributed by atoms with van der Waals surface area (Å²) in [5.74, 6) is 0.0878. The molecule has 1 atom stereocenters. The molecule has 0 aliphatic carbocycles. The number of nitrogens with zero attached hydrogens (tertiary/aromatic N) is 1. The number of carbonyl (C=O) groups is 2. The number of carbonyl (C=O) groups excluding carboxylic acids is 2. The number of piperidine rings is 1. The first-order valence-corrected chi connectivity index (χ1v) is 6.09. The molecule has 1 aromatic rings. The van der Waals surface area contributed by atoms with Crippen molar-refractivity contribution < 1.29 is 14.3 Å². The fourth-order valence-electron chi connectivity index (χ4n) is 2.29. The average Bonchev–Trinajstić information content (AvgIpc) is 2.38. The molecule has 4 nitrogen and oxygen atoms in total. The zero-order chi connectivity index (χ0) is 13.1. The minimum Gasteiger partial charge on any atom is -0.497 e. The van der Waals surface area contributed by atoms with Gasteiger partial charge < -0.3 is 9.64 Å². The van der Waals surface area contributed by atoms with Gasteiger partial charge in [0.2, 0.25) is 5.91 Å². The number of amides is 1. The van der Waals surface area contributed by atoms with Crippen LogP contribution in [0.25, 0.3) is 0 Å². The Hall–Kier alpha value is -1.84. The van der Waals surface area contributed by atoms with Crippen molar-refractivity contribution in [1.82, 2.24) is 0 Å². The van der Waals surface area contributed by atoms with Gasteiger partial charge >= 0.3 is 0 Å². The quantitative estimate of drug-likeness (QED) is 0.768. The van der Waals surface area contributed by atoms with Crippen LogP contribution < -0.4 is 9.64 Å². The Kier molecular flexibility index (Phi) is 3.65. The second kappa shape index (κ2) is 5.21. The van der Waals surface area contributed by atoms with Gasteiger partial charge in [0.1, 0.15) is 11.5 Å². The highest BCUT2D eigenvalue weighted by Crippen LogP contribution is 2.27. The standard InChI is InChI=1S/C14H17NO3/c1-10(16)13-7-4-8-15(14(13)17)11-5-3-6-12(9-11)18-2/h3,5-6,9,13H,4,7-8H2,1-2H3/t13-/m1/s1. The maximum atomic E-state index is 12.2. The lowest BCUT2D eigenvalue weighted by Gasteiger charge is -2.31. The van der Waals surface area contributed by atoms with Crippen LogP contribution in [-0.2, 0) is 9.59 Å². The van der Waals surface area contributed by atoms with E-state index in [1.165, 1.54) is 6.92 Å². The Morgan fingerprint density at radius 3 is 2.89 bits per heavy atom. The molecule has 1 amide bonds. The summed E-state index contributed by atoms with van der Waals surface area (Å²) in [5, 5.41) is 0. The summed E-state index contributed by atoms with van der Waals surface area (Å²) >= 11 is 0. The van der Waals surface area contributed by atoms with E-state index in [-0.39, 0.29) is 11.7 Å². The molecule has 0 N–H and O–H groups in total. The maximum absolute atomic E-state index is 12.2. The summed E-state index contributed by atoms with van der Waals surface area (Å²) < 4.78 is 5.15. The number of ether oxygens (including phenoxy) is 1. The van der Waals surface area contributed by atoms with Gasteiger partial charge in [0.05, 0.1) is 13.0 Å². The smallest absolute Gasteiger partial charge is 0.237 e. The molecule has 1 aromatic carbocycles. The van der Waals surface area contributed by atoms with Gasteiger partial charge in [-0.15, -0.1) is 0 Å². The van der Waals surface area contributed by atoms with Crippen molar-refractivity contribution in [3.05, 3.63) is 24.3 Å². The number of benzene rings is 1. The number of ketones is 1. The van der Waals surface area contributed by atoms with E-state index < -0.39 is 5.92 Å². The van der Waals surface area contributed by atoms with Gasteiger partial charge in [-0.05, 0) is 31.9 Å². The first-order chi connectivity index (χ1) is 8.63. The normalized spacial score (nSPS) is 19.8. The molecule has 1 heterocycles. The summed E-state index contributed by atoms with van der Waals surface area (Å²) in [4.78, 5) is 25.3. The van der Waals surface area contributed by atoms with Crippen LogP contribution in [0.2, 0.25) is 0 Å². The molecule has 0 radical (unpaired) electrons. The first-order valence-electron chi connectivity index (χ1n) is 6.09. The highest BCUT2D eigenvalue weighted by molar-refractivity contribution is 6.08. The van der Waals surface area contributed by atoms with Crippen LogP contribution in [0, 0.1) is 5.92 Å². The molecule has 96 valence electrons. The van der Waals surface area contributed by atoms with Crippen LogP contribution in [-0.4, -0.2) is 25.3 Å². The van der Waals surface area contributed by atoms with Gasteiger partial charge in [0.25, 0.3) is 0 Å². The lowest BCUT2D eigenvalue weighted by atomic mass is 9.93. The number of hydrogen-bond donors (Lipinski definition) is 0. The van der Waals surface area contributed by atoms with Crippen LogP contribution in [0.1, 0.15) is 19.8 Å². The van der Waals surface area contributed by atoms with Crippen molar-refractivity contribution in [3.63, 3.8) is 0 Å². The molecule has 1 saturated heterocycles. The molecule has 18 heavy (non-hydrogen) atoms. The first kappa shape index (κ1) is 12.6. The van der Waals surface area contributed by atoms with Gasteiger partial charge in [-0.3, -0.25) is 9.59 Å². The summed E-state index contributed by atoms with van der Waals surface area (Å²) in [5.41, 5.74) is 0.797. The minimum absolute atomic E-state index is 0.0485. The van der Waals surface area contributed by atoms with E-state index in [0.29, 0.717) is 18.7 Å². The SMILES string of the molecule is COc1cccc(N2CCC[C@H](C(C)=O)C2=O)c1. The van der Waals surface area contributed by atoms with E-state index in [2.05, 4.69) is 0 Å². The van der Waals surface area contributed by atoms with Gasteiger partial charge in [0.15, 0.2) is 0 Å². The maximum Gasteiger partial charge on any atom is 0.237 e. The Morgan fingerprint density at radius 1 is 1.44 bits per heavy atom. The number of hydrogen-bond acceptors (Lipinski definition) is 3. The van der Waals surface area contributed by atoms with Crippen LogP contribution in [0.3, 0.4) is 0 Å². The second-order valence-electron chi connectivity index (χ2n) is 4.50. The molecule has 0 saturated carbocycles. The van der Waals surface area contributed by atoms with E-state index in [1.54, 1.807) is 12.0 Å². The average molecular weight is 247 g/mol. The predicted octanol–water partition coefficient (Wildman–Crippen LogP) is 2.03. The van der Waals surface area contributed by atoms with Crippen LogP contribution in [0.15, 0.2) is 24.3 Å². The minimum atomic E-state index is -0.482. The van der Waals surface area contributed by atoms with Gasteiger partial charge in [0, 0.05) is 18.3 Å². The Labute approximate surface area is 107 Å². The Bertz CT molecular complexity index is 470. The van der Waals surface area contributed by atoms with Gasteiger partial charge in [-0.25, -0.2) is 0 Å². The number of rotatable bonds is 3. The lowest BCUT2D eigenvalue weighted by molar-refractivity contribution is -0.132. The van der Waals surface area contributed by atoms with Crippen molar-refractivity contribution >= 4 is 17.4 Å². The van der Waals surface area contributed by atoms with Crippen molar-refractivity contribution in [2.45, 2.75) is 19.8 Å². The van der Waals surface area contributed by atoms with E-state index in [4.69, 9.17) is 4.74 Å². The van der Waals surface area contributed by atoms with Crippen molar-refractivity contribution in [2.24, 2.45) is 5.92 Å². The number of Topliss-reactive ketones (excluding diaryl/α,β-unsaturated/α-hetero) is 1. The third-order valence-electron chi connectivity index (χ3n) is 3.29. The summed E-state index contributed by atoms with van der Waals surface area (Å²) in [7, 11) is 1.59. The molecule has 1 aliphatic heterocycles. The molecular formula is C14H17NO3. The summed E-state index contributed by atoms with van der Waals surface area (Å²) in [6.45, 7) is 2.15. The molecule has 0 unspecified atom stereocenters. The van der Waals surface area contributed by atoms with Crippen molar-refractivity contribution in [2.75, 3.05) is 18.6 Å². The highest BCUT2D eigenvalue weighted by atomic mass is 16.5. The molecule has 0 bridgehead atoms. The fourth-order valence-corrected chi connectivity index (χ4v) is 2.29. The monoisotopic (exact) mass is 247 g/mol. The molecule has 4 heteroatoms. The Balaban J connectivity index is 2.26. The highest BCUT2D eigenvalue weighted by Gasteiger charge is 2.32. The van der Waals surface area contributed by atoms with Crippen LogP contribution in [0.5, 0.6) is 5.75 Å². The lowest BCUT2D eigenvalue weighted by Crippen LogP contribution is -2.43. The molecule has 2 rings (SSSR count). The third kappa shape index (κ3) is 2.37. The van der Waals surface area contributed by atoms with Crippen molar-refractivity contribution in [1.29, 1.82) is 0 Å². The molecule has 1 fully saturated rings. The van der Waals surface area contributed by atoms with E-state index in [0.717, 1.165) is 12.1 Å². The van der Waals surface area contributed by atoms with E-state index in [1.807, 2.05) is 24.3 Å². The molecule has 1 aliphatic rings. The van der Waals surface area contributed by atoms with E-state index in [9.17, 15) is 9.59 Å². The van der Waals surface area contributed by atoms with Gasteiger partial charge in [-0.1, -0.05) is 6.07 Å². The number of methoxy groups -OCH3 is 1. The van der Waals surface area contributed by atoms with Crippen LogP contribution in [0.4, 0.5) is 5.69 Å². The number of anilines is 1. The zero-order valence-electron chi connectivity index (χ0n) is 10.7. The topological polar surface area (TPSA) is 46.6 Å². The predicted molar refractivity (Wildman–Crippen MR) is 68.8 cm³/mol. The second-order valence-corrected chi connectivity index (χ2v) is 4.50. The Morgan fingerprint density at radius 2 is 2.22 bits per heavy atom. The zero-order valence-corrected chi connectivity index (χ0v) is 10.7. The molecule has 0 spiro atoms. The van der Waals surface area contributed by atoms with E-state index >= 15 is 0 Å². The largest absolute Gasteiger partial charge is 0.497 e. The summed E-state index contributed by atoms with van der Waals surface area (Å²) in [6, 6.07) is 7.36. The third-order valence-corrected chi connectivity index (χ3v) is 3.29. The van der Waals surface area contributed by atoms with Crippen molar-refractivity contribution in [3.8, 4) is 5.75 Å². The molecular weight excluding hydrogens is 230 g/mol. The van der Waals surface area contributed by atoms with Crippen LogP contribution >= 0.6 is 0 Å².